The van der Waals surface area contributed by atoms with Gasteiger partial charge in [0, 0.05) is 30.9 Å². The molecule has 1 aliphatic heterocycles. The minimum absolute atomic E-state index is 0.154. The lowest BCUT2D eigenvalue weighted by molar-refractivity contribution is 0.197. The summed E-state index contributed by atoms with van der Waals surface area (Å²) in [7, 11) is 0. The number of amides is 2. The van der Waals surface area contributed by atoms with Crippen LogP contribution in [-0.2, 0) is 0 Å². The molecule has 2 aromatic heterocycles. The molecule has 1 aliphatic rings. The number of hydrogen-bond acceptors (Lipinski definition) is 5. The number of rotatable bonds is 4. The quantitative estimate of drug-likeness (QED) is 0.518. The van der Waals surface area contributed by atoms with Crippen molar-refractivity contribution in [1.82, 2.24) is 15.0 Å². The second-order valence-electron chi connectivity index (χ2n) is 7.95. The summed E-state index contributed by atoms with van der Waals surface area (Å²) in [4.78, 5) is 18.6. The molecule has 1 fully saturated rings. The molecule has 2 amide bonds. The molecule has 166 valence electrons. The largest absolute Gasteiger partial charge is 0.439 e. The molecule has 1 N–H and O–H groups in total. The van der Waals surface area contributed by atoms with Gasteiger partial charge in [0.05, 0.1) is 5.02 Å². The minimum atomic E-state index is -0.154. The molecular formula is C24H25ClN4O3. The van der Waals surface area contributed by atoms with Crippen molar-refractivity contribution >= 4 is 29.5 Å². The molecule has 3 aromatic rings. The van der Waals surface area contributed by atoms with Crippen molar-refractivity contribution in [3.8, 4) is 11.6 Å². The van der Waals surface area contributed by atoms with Crippen molar-refractivity contribution in [2.45, 2.75) is 27.2 Å². The predicted octanol–water partition coefficient (Wildman–Crippen LogP) is 6.09. The number of likely N-dealkylation sites (tertiary alicyclic amines) is 1. The first-order chi connectivity index (χ1) is 15.4. The average molecular weight is 453 g/mol. The molecule has 1 saturated heterocycles. The van der Waals surface area contributed by atoms with Crippen LogP contribution in [0, 0.1) is 19.8 Å². The summed E-state index contributed by atoms with van der Waals surface area (Å²) in [6, 6.07) is 11.2. The van der Waals surface area contributed by atoms with E-state index in [0.717, 1.165) is 17.5 Å². The third-order valence-corrected chi connectivity index (χ3v) is 5.82. The van der Waals surface area contributed by atoms with Gasteiger partial charge in [0.1, 0.15) is 11.5 Å². The molecule has 0 bridgehead atoms. The molecule has 0 aliphatic carbocycles. The Labute approximate surface area is 192 Å². The van der Waals surface area contributed by atoms with Gasteiger partial charge in [-0.3, -0.25) is 5.32 Å². The molecule has 32 heavy (non-hydrogen) atoms. The van der Waals surface area contributed by atoms with Gasteiger partial charge in [-0.25, -0.2) is 9.78 Å². The number of aromatic nitrogens is 2. The third kappa shape index (κ3) is 5.11. The van der Waals surface area contributed by atoms with Crippen molar-refractivity contribution in [3.05, 3.63) is 70.1 Å². The number of carbonyl (C=O) groups excluding carboxylic acids is 1. The van der Waals surface area contributed by atoms with Crippen LogP contribution in [0.2, 0.25) is 5.02 Å². The smallest absolute Gasteiger partial charge is 0.323 e. The van der Waals surface area contributed by atoms with Crippen LogP contribution in [0.4, 0.5) is 10.6 Å². The van der Waals surface area contributed by atoms with Crippen LogP contribution in [0.3, 0.4) is 0 Å². The summed E-state index contributed by atoms with van der Waals surface area (Å²) in [5, 5.41) is 7.33. The van der Waals surface area contributed by atoms with Crippen LogP contribution in [0.25, 0.3) is 6.08 Å². The maximum absolute atomic E-state index is 12.7. The van der Waals surface area contributed by atoms with E-state index in [4.69, 9.17) is 20.9 Å². The molecule has 7 nitrogen and oxygen atoms in total. The van der Waals surface area contributed by atoms with Crippen LogP contribution in [0.5, 0.6) is 11.6 Å². The van der Waals surface area contributed by atoms with Gasteiger partial charge in [-0.15, -0.1) is 0 Å². The second-order valence-corrected chi connectivity index (χ2v) is 8.38. The molecule has 0 radical (unpaired) electrons. The van der Waals surface area contributed by atoms with Gasteiger partial charge >= 0.3 is 6.03 Å². The molecule has 8 heteroatoms. The van der Waals surface area contributed by atoms with E-state index in [-0.39, 0.29) is 11.9 Å². The Balaban J connectivity index is 1.40. The molecule has 1 unspecified atom stereocenters. The van der Waals surface area contributed by atoms with Gasteiger partial charge in [-0.1, -0.05) is 47.5 Å². The second kappa shape index (κ2) is 9.44. The first kappa shape index (κ1) is 21.9. The number of piperidine rings is 1. The SMILES string of the molecule is Cc1onc(NC(=O)N2CCC(=Cc3cccc(Oc4ccc(Cl)cn4)c3)C(C)C2)c1C. The van der Waals surface area contributed by atoms with Gasteiger partial charge in [0.15, 0.2) is 5.82 Å². The number of aryl methyl sites for hydroxylation is 1. The van der Waals surface area contributed by atoms with E-state index < -0.39 is 0 Å². The highest BCUT2D eigenvalue weighted by Crippen LogP contribution is 2.28. The number of carbonyl (C=O) groups is 1. The summed E-state index contributed by atoms with van der Waals surface area (Å²) in [5.41, 5.74) is 3.19. The van der Waals surface area contributed by atoms with Crippen LogP contribution in [0.1, 0.15) is 30.2 Å². The summed E-state index contributed by atoms with van der Waals surface area (Å²) in [6.07, 6.45) is 4.53. The van der Waals surface area contributed by atoms with E-state index >= 15 is 0 Å². The number of urea groups is 1. The lowest BCUT2D eigenvalue weighted by atomic mass is 9.91. The summed E-state index contributed by atoms with van der Waals surface area (Å²) in [6.45, 7) is 7.11. The maximum atomic E-state index is 12.7. The van der Waals surface area contributed by atoms with E-state index in [0.29, 0.717) is 41.3 Å². The van der Waals surface area contributed by atoms with Gasteiger partial charge in [-0.2, -0.15) is 0 Å². The number of hydrogen-bond donors (Lipinski definition) is 1. The number of ether oxygens (including phenoxy) is 1. The van der Waals surface area contributed by atoms with Crippen LogP contribution in [0.15, 0.2) is 52.7 Å². The van der Waals surface area contributed by atoms with Gasteiger partial charge < -0.3 is 14.2 Å². The number of benzene rings is 1. The molecular weight excluding hydrogens is 428 g/mol. The molecule has 4 rings (SSSR count). The topological polar surface area (TPSA) is 80.5 Å². The fourth-order valence-electron chi connectivity index (χ4n) is 3.59. The van der Waals surface area contributed by atoms with Crippen molar-refractivity contribution < 1.29 is 14.1 Å². The highest BCUT2D eigenvalue weighted by Gasteiger charge is 2.25. The first-order valence-corrected chi connectivity index (χ1v) is 10.9. The fraction of sp³-hybridized carbons (Fsp3) is 0.292. The van der Waals surface area contributed by atoms with Crippen molar-refractivity contribution in [2.24, 2.45) is 5.92 Å². The van der Waals surface area contributed by atoms with Crippen molar-refractivity contribution in [3.63, 3.8) is 0 Å². The van der Waals surface area contributed by atoms with E-state index in [1.807, 2.05) is 43.0 Å². The lowest BCUT2D eigenvalue weighted by Gasteiger charge is -2.33. The Morgan fingerprint density at radius 2 is 2.16 bits per heavy atom. The normalized spacial score (nSPS) is 17.4. The Morgan fingerprint density at radius 3 is 2.84 bits per heavy atom. The fourth-order valence-corrected chi connectivity index (χ4v) is 3.70. The number of nitrogens with zero attached hydrogens (tertiary/aromatic N) is 3. The van der Waals surface area contributed by atoms with Crippen LogP contribution in [-0.4, -0.2) is 34.2 Å². The lowest BCUT2D eigenvalue weighted by Crippen LogP contribution is -2.42. The van der Waals surface area contributed by atoms with E-state index in [1.54, 1.807) is 18.3 Å². The number of pyridine rings is 1. The highest BCUT2D eigenvalue weighted by molar-refractivity contribution is 6.30. The van der Waals surface area contributed by atoms with Crippen LogP contribution >= 0.6 is 11.6 Å². The summed E-state index contributed by atoms with van der Waals surface area (Å²) in [5.74, 6) is 2.61. The van der Waals surface area contributed by atoms with Gasteiger partial charge in [0.2, 0.25) is 5.88 Å². The molecule has 1 atom stereocenters. The number of halogens is 1. The molecule has 0 spiro atoms. The van der Waals surface area contributed by atoms with Gasteiger partial charge in [0.25, 0.3) is 0 Å². The summed E-state index contributed by atoms with van der Waals surface area (Å²) < 4.78 is 11.0. The monoisotopic (exact) mass is 452 g/mol. The Hall–Kier alpha value is -3.32. The Kier molecular flexibility index (Phi) is 6.46. The minimum Gasteiger partial charge on any atom is -0.439 e. The molecule has 3 heterocycles. The zero-order chi connectivity index (χ0) is 22.7. The van der Waals surface area contributed by atoms with Crippen molar-refractivity contribution in [1.29, 1.82) is 0 Å². The van der Waals surface area contributed by atoms with E-state index in [1.165, 1.54) is 5.57 Å². The highest BCUT2D eigenvalue weighted by atomic mass is 35.5. The molecule has 0 saturated carbocycles. The van der Waals surface area contributed by atoms with E-state index in [2.05, 4.69) is 28.5 Å². The average Bonchev–Trinajstić information content (AvgIpc) is 3.09. The van der Waals surface area contributed by atoms with Crippen molar-refractivity contribution in [2.75, 3.05) is 18.4 Å². The predicted molar refractivity (Wildman–Crippen MR) is 124 cm³/mol. The zero-order valence-electron chi connectivity index (χ0n) is 18.3. The maximum Gasteiger partial charge on any atom is 0.323 e. The standard InChI is InChI=1S/C24H25ClN4O3/c1-15-14-29(24(30)27-23-16(2)17(3)32-28-23)10-9-19(15)11-18-5-4-6-21(12-18)31-22-8-7-20(25)13-26-22/h4-8,11-13,15H,9-10,14H2,1-3H3,(H,27,28,30). The molecule has 1 aromatic carbocycles. The number of anilines is 1. The number of nitrogens with one attached hydrogen (secondary N) is 1. The third-order valence-electron chi connectivity index (χ3n) is 5.60. The zero-order valence-corrected chi connectivity index (χ0v) is 19.0. The summed E-state index contributed by atoms with van der Waals surface area (Å²) >= 11 is 5.88. The van der Waals surface area contributed by atoms with E-state index in [9.17, 15) is 4.79 Å². The Bertz CT molecular complexity index is 1140. The van der Waals surface area contributed by atoms with Gasteiger partial charge in [-0.05, 0) is 49.9 Å². The first-order valence-electron chi connectivity index (χ1n) is 10.5. The van der Waals surface area contributed by atoms with Crippen LogP contribution < -0.4 is 10.1 Å². The Morgan fingerprint density at radius 1 is 1.31 bits per heavy atom.